The molecule has 5 nitrogen and oxygen atoms in total. The molecule has 0 aliphatic carbocycles. The van der Waals surface area contributed by atoms with Gasteiger partial charge < -0.3 is 4.74 Å². The molecule has 0 unspecified atom stereocenters. The van der Waals surface area contributed by atoms with Crippen molar-refractivity contribution in [2.75, 3.05) is 0 Å². The van der Waals surface area contributed by atoms with Gasteiger partial charge in [-0.05, 0) is 23.8 Å². The third-order valence-electron chi connectivity index (χ3n) is 3.35. The Hall–Kier alpha value is -2.95. The average Bonchev–Trinajstić information content (AvgIpc) is 3.00. The van der Waals surface area contributed by atoms with Gasteiger partial charge in [-0.25, -0.2) is 4.79 Å². The van der Waals surface area contributed by atoms with Crippen LogP contribution in [0.1, 0.15) is 27.7 Å². The zero-order valence-corrected chi connectivity index (χ0v) is 12.1. The fraction of sp³-hybridized carbons (Fsp3) is 0.118. The predicted molar refractivity (Wildman–Crippen MR) is 81.1 cm³/mol. The van der Waals surface area contributed by atoms with Gasteiger partial charge in [0, 0.05) is 25.6 Å². The van der Waals surface area contributed by atoms with Crippen molar-refractivity contribution in [3.8, 4) is 0 Å². The molecule has 0 radical (unpaired) electrons. The molecule has 0 aliphatic rings. The third-order valence-corrected chi connectivity index (χ3v) is 3.35. The molecule has 0 spiro atoms. The minimum atomic E-state index is -0.513. The number of hydrogen-bond donors (Lipinski definition) is 0. The summed E-state index contributed by atoms with van der Waals surface area (Å²) in [5.41, 5.74) is 2.12. The Morgan fingerprint density at radius 3 is 2.55 bits per heavy atom. The molecule has 110 valence electrons. The van der Waals surface area contributed by atoms with Crippen molar-refractivity contribution in [2.24, 2.45) is 7.05 Å². The lowest BCUT2D eigenvalue weighted by Crippen LogP contribution is -2.16. The highest BCUT2D eigenvalue weighted by Crippen LogP contribution is 2.26. The van der Waals surface area contributed by atoms with Gasteiger partial charge in [0.2, 0.25) is 0 Å². The number of carbonyl (C=O) groups excluding carboxylic acids is 1. The van der Waals surface area contributed by atoms with Crippen LogP contribution in [-0.4, -0.2) is 20.7 Å². The number of hydrogen-bond acceptors (Lipinski definition) is 4. The number of nitrogens with zero attached hydrogens (tertiary/aromatic N) is 3. The van der Waals surface area contributed by atoms with E-state index in [4.69, 9.17) is 4.74 Å². The number of ether oxygens (including phenoxy) is 1. The van der Waals surface area contributed by atoms with Gasteiger partial charge in [-0.1, -0.05) is 30.3 Å². The minimum Gasteiger partial charge on any atom is -0.447 e. The van der Waals surface area contributed by atoms with E-state index in [2.05, 4.69) is 10.1 Å². The summed E-state index contributed by atoms with van der Waals surface area (Å²) in [5.74, 6) is -0.414. The van der Waals surface area contributed by atoms with E-state index in [1.54, 1.807) is 29.2 Å². The topological polar surface area (TPSA) is 57.0 Å². The van der Waals surface area contributed by atoms with E-state index in [0.717, 1.165) is 11.3 Å². The molecule has 2 heterocycles. The van der Waals surface area contributed by atoms with Crippen molar-refractivity contribution in [3.63, 3.8) is 0 Å². The first kappa shape index (κ1) is 14.0. The maximum atomic E-state index is 12.3. The molecule has 1 atom stereocenters. The molecule has 0 fully saturated rings. The van der Waals surface area contributed by atoms with Crippen molar-refractivity contribution >= 4 is 5.97 Å². The lowest BCUT2D eigenvalue weighted by atomic mass is 10.1. The summed E-state index contributed by atoms with van der Waals surface area (Å²) in [6, 6.07) is 14.8. The molecule has 3 aromatic rings. The molecule has 0 bridgehead atoms. The molecule has 0 N–H and O–H groups in total. The van der Waals surface area contributed by atoms with Gasteiger partial charge in [-0.15, -0.1) is 0 Å². The van der Waals surface area contributed by atoms with Gasteiger partial charge in [-0.2, -0.15) is 5.10 Å². The van der Waals surface area contributed by atoms with Gasteiger partial charge in [0.15, 0.2) is 6.10 Å². The molecular weight excluding hydrogens is 278 g/mol. The molecule has 5 heteroatoms. The molecule has 0 saturated carbocycles. The summed E-state index contributed by atoms with van der Waals surface area (Å²) in [5, 5.41) is 4.16. The van der Waals surface area contributed by atoms with Crippen molar-refractivity contribution in [3.05, 3.63) is 83.9 Å². The average molecular weight is 293 g/mol. The molecule has 0 saturated heterocycles. The Morgan fingerprint density at radius 1 is 1.09 bits per heavy atom. The van der Waals surface area contributed by atoms with Crippen LogP contribution in [0, 0.1) is 0 Å². The van der Waals surface area contributed by atoms with E-state index in [0.29, 0.717) is 5.56 Å². The number of aromatic nitrogens is 3. The molecule has 3 rings (SSSR count). The van der Waals surface area contributed by atoms with Gasteiger partial charge in [-0.3, -0.25) is 9.67 Å². The van der Waals surface area contributed by atoms with E-state index in [9.17, 15) is 4.79 Å². The van der Waals surface area contributed by atoms with Crippen LogP contribution in [-0.2, 0) is 11.8 Å². The first-order valence-corrected chi connectivity index (χ1v) is 6.89. The van der Waals surface area contributed by atoms with Crippen LogP contribution in [0.4, 0.5) is 0 Å². The largest absolute Gasteiger partial charge is 0.447 e. The zero-order valence-electron chi connectivity index (χ0n) is 12.1. The smallest absolute Gasteiger partial charge is 0.340 e. The predicted octanol–water partition coefficient (Wildman–Crippen LogP) is 2.76. The highest BCUT2D eigenvalue weighted by Gasteiger charge is 2.22. The van der Waals surface area contributed by atoms with E-state index in [-0.39, 0.29) is 0 Å². The summed E-state index contributed by atoms with van der Waals surface area (Å²) >= 11 is 0. The van der Waals surface area contributed by atoms with Crippen molar-refractivity contribution in [2.45, 2.75) is 6.10 Å². The quantitative estimate of drug-likeness (QED) is 0.694. The molecule has 2 aromatic heterocycles. The number of benzene rings is 1. The maximum absolute atomic E-state index is 12.3. The van der Waals surface area contributed by atoms with Gasteiger partial charge >= 0.3 is 5.97 Å². The summed E-state index contributed by atoms with van der Waals surface area (Å²) in [6.07, 6.45) is 4.28. The van der Waals surface area contributed by atoms with E-state index >= 15 is 0 Å². The second-order valence-electron chi connectivity index (χ2n) is 4.82. The Balaban J connectivity index is 1.93. The molecule has 22 heavy (non-hydrogen) atoms. The van der Waals surface area contributed by atoms with Crippen LogP contribution < -0.4 is 0 Å². The number of esters is 1. The number of carbonyl (C=O) groups is 1. The maximum Gasteiger partial charge on any atom is 0.340 e. The fourth-order valence-corrected chi connectivity index (χ4v) is 2.23. The van der Waals surface area contributed by atoms with Crippen molar-refractivity contribution in [1.29, 1.82) is 0 Å². The van der Waals surface area contributed by atoms with Gasteiger partial charge in [0.05, 0.1) is 11.3 Å². The van der Waals surface area contributed by atoms with Gasteiger partial charge in [0.25, 0.3) is 0 Å². The lowest BCUT2D eigenvalue weighted by molar-refractivity contribution is 0.0364. The Labute approximate surface area is 128 Å². The Kier molecular flexibility index (Phi) is 3.96. The van der Waals surface area contributed by atoms with Crippen molar-refractivity contribution in [1.82, 2.24) is 14.8 Å². The van der Waals surface area contributed by atoms with Crippen LogP contribution in [0.25, 0.3) is 0 Å². The number of pyridine rings is 1. The highest BCUT2D eigenvalue weighted by atomic mass is 16.5. The van der Waals surface area contributed by atoms with Crippen molar-refractivity contribution < 1.29 is 9.53 Å². The lowest BCUT2D eigenvalue weighted by Gasteiger charge is -2.18. The minimum absolute atomic E-state index is 0.414. The number of rotatable bonds is 4. The van der Waals surface area contributed by atoms with Crippen LogP contribution in [0.2, 0.25) is 0 Å². The SMILES string of the molecule is Cn1nccc1[C@@H](OC(=O)c1cccnc1)c1ccccc1. The standard InChI is InChI=1S/C17H15N3O2/c1-20-15(9-11-19-20)16(13-6-3-2-4-7-13)22-17(21)14-8-5-10-18-12-14/h2-12,16H,1H3/t16-/m0/s1. The monoisotopic (exact) mass is 293 g/mol. The first-order chi connectivity index (χ1) is 10.8. The molecule has 0 aliphatic heterocycles. The Morgan fingerprint density at radius 2 is 1.91 bits per heavy atom. The summed E-state index contributed by atoms with van der Waals surface area (Å²) in [6.45, 7) is 0. The van der Waals surface area contributed by atoms with E-state index in [1.165, 1.54) is 6.20 Å². The van der Waals surface area contributed by atoms with Gasteiger partial charge in [0.1, 0.15) is 0 Å². The van der Waals surface area contributed by atoms with Crippen LogP contribution >= 0.6 is 0 Å². The summed E-state index contributed by atoms with van der Waals surface area (Å²) in [4.78, 5) is 16.3. The number of aryl methyl sites for hydroxylation is 1. The summed E-state index contributed by atoms with van der Waals surface area (Å²) < 4.78 is 7.41. The molecule has 1 aromatic carbocycles. The highest BCUT2D eigenvalue weighted by molar-refractivity contribution is 5.89. The second-order valence-corrected chi connectivity index (χ2v) is 4.82. The van der Waals surface area contributed by atoms with Crippen LogP contribution in [0.3, 0.4) is 0 Å². The van der Waals surface area contributed by atoms with Crippen LogP contribution in [0.15, 0.2) is 67.1 Å². The molecule has 0 amide bonds. The molecular formula is C17H15N3O2. The zero-order chi connectivity index (χ0) is 15.4. The fourth-order valence-electron chi connectivity index (χ4n) is 2.23. The normalized spacial score (nSPS) is 11.9. The first-order valence-electron chi connectivity index (χ1n) is 6.89. The summed E-state index contributed by atoms with van der Waals surface area (Å²) in [7, 11) is 1.82. The second kappa shape index (κ2) is 6.22. The Bertz CT molecular complexity index is 754. The van der Waals surface area contributed by atoms with E-state index in [1.807, 2.05) is 43.4 Å². The van der Waals surface area contributed by atoms with E-state index < -0.39 is 12.1 Å². The van der Waals surface area contributed by atoms with Crippen LogP contribution in [0.5, 0.6) is 0 Å². The third kappa shape index (κ3) is 2.88.